The van der Waals surface area contributed by atoms with Gasteiger partial charge in [0.25, 0.3) is 0 Å². The van der Waals surface area contributed by atoms with Crippen LogP contribution in [0.25, 0.3) is 0 Å². The van der Waals surface area contributed by atoms with Crippen LogP contribution >= 0.6 is 0 Å². The first-order valence-corrected chi connectivity index (χ1v) is 10.5. The normalized spacial score (nSPS) is 11.8. The van der Waals surface area contributed by atoms with Crippen molar-refractivity contribution in [3.63, 3.8) is 0 Å². The number of carbonyl (C=O) groups is 1. The molecule has 0 aliphatic rings. The molecule has 3 N–H and O–H groups in total. The molecule has 164 valence electrons. The van der Waals surface area contributed by atoms with Crippen molar-refractivity contribution in [3.8, 4) is 0 Å². The molecule has 0 saturated carbocycles. The predicted octanol–water partition coefficient (Wildman–Crippen LogP) is 3.58. The van der Waals surface area contributed by atoms with Crippen molar-refractivity contribution < 1.29 is 14.3 Å². The number of aliphatic imine (C=N–C) groups is 1. The van der Waals surface area contributed by atoms with Gasteiger partial charge in [0.2, 0.25) is 0 Å². The SMILES string of the molecule is CCCOCc1ccccc1CN=C(NCC)NCCCNC(=O)OC(C)(C)C. The molecule has 0 bridgehead atoms. The molecule has 0 unspecified atom stereocenters. The van der Waals surface area contributed by atoms with Gasteiger partial charge in [-0.15, -0.1) is 0 Å². The Kier molecular flexibility index (Phi) is 11.8. The number of hydrogen-bond donors (Lipinski definition) is 3. The van der Waals surface area contributed by atoms with Crippen LogP contribution in [0.15, 0.2) is 29.3 Å². The van der Waals surface area contributed by atoms with Gasteiger partial charge in [-0.2, -0.15) is 0 Å². The Labute approximate surface area is 175 Å². The van der Waals surface area contributed by atoms with E-state index in [0.717, 1.165) is 37.5 Å². The van der Waals surface area contributed by atoms with E-state index < -0.39 is 5.60 Å². The third kappa shape index (κ3) is 12.0. The summed E-state index contributed by atoms with van der Waals surface area (Å²) in [6.45, 7) is 13.7. The van der Waals surface area contributed by atoms with Crippen LogP contribution in [0.1, 0.15) is 58.6 Å². The highest BCUT2D eigenvalue weighted by Gasteiger charge is 2.15. The lowest BCUT2D eigenvalue weighted by molar-refractivity contribution is 0.0527. The van der Waals surface area contributed by atoms with E-state index in [1.165, 1.54) is 5.56 Å². The first-order chi connectivity index (χ1) is 13.9. The molecule has 0 radical (unpaired) electrons. The molecule has 0 spiro atoms. The minimum atomic E-state index is -0.481. The molecular weight excluding hydrogens is 368 g/mol. The van der Waals surface area contributed by atoms with E-state index in [1.54, 1.807) is 0 Å². The molecule has 0 aliphatic carbocycles. The van der Waals surface area contributed by atoms with Crippen molar-refractivity contribution in [3.05, 3.63) is 35.4 Å². The van der Waals surface area contributed by atoms with Gasteiger partial charge in [0.1, 0.15) is 5.60 Å². The second-order valence-corrected chi connectivity index (χ2v) is 7.73. The van der Waals surface area contributed by atoms with Crippen LogP contribution in [-0.4, -0.2) is 43.9 Å². The van der Waals surface area contributed by atoms with Gasteiger partial charge in [-0.05, 0) is 51.7 Å². The molecule has 29 heavy (non-hydrogen) atoms. The summed E-state index contributed by atoms with van der Waals surface area (Å²) in [5.74, 6) is 0.758. The van der Waals surface area contributed by atoms with Crippen LogP contribution in [-0.2, 0) is 22.6 Å². The summed E-state index contributed by atoms with van der Waals surface area (Å²) < 4.78 is 10.9. The monoisotopic (exact) mass is 406 g/mol. The Morgan fingerprint density at radius 1 is 1.03 bits per heavy atom. The van der Waals surface area contributed by atoms with Crippen LogP contribution in [0.5, 0.6) is 0 Å². The highest BCUT2D eigenvalue weighted by Crippen LogP contribution is 2.11. The standard InChI is InChI=1S/C22H38N4O3/c1-6-15-28-17-19-12-9-8-11-18(19)16-26-20(23-7-2)24-13-10-14-25-21(27)29-22(3,4)5/h8-9,11-12H,6-7,10,13-17H2,1-5H3,(H,25,27)(H2,23,24,26). The van der Waals surface area contributed by atoms with Crippen molar-refractivity contribution in [1.29, 1.82) is 0 Å². The summed E-state index contributed by atoms with van der Waals surface area (Å²) in [6.07, 6.45) is 1.39. The van der Waals surface area contributed by atoms with E-state index in [2.05, 4.69) is 40.0 Å². The number of amides is 1. The topological polar surface area (TPSA) is 84.0 Å². The third-order valence-electron chi connectivity index (χ3n) is 3.79. The van der Waals surface area contributed by atoms with Crippen LogP contribution in [0.3, 0.4) is 0 Å². The summed E-state index contributed by atoms with van der Waals surface area (Å²) in [4.78, 5) is 16.3. The Hall–Kier alpha value is -2.28. The van der Waals surface area contributed by atoms with Gasteiger partial charge >= 0.3 is 6.09 Å². The molecule has 1 aromatic rings. The van der Waals surface area contributed by atoms with E-state index in [-0.39, 0.29) is 6.09 Å². The Balaban J connectivity index is 2.46. The van der Waals surface area contributed by atoms with Crippen molar-refractivity contribution in [2.24, 2.45) is 4.99 Å². The number of carbonyl (C=O) groups excluding carboxylic acids is 1. The third-order valence-corrected chi connectivity index (χ3v) is 3.79. The molecule has 0 fully saturated rings. The molecule has 1 aromatic carbocycles. The molecule has 1 rings (SSSR count). The quantitative estimate of drug-likeness (QED) is 0.297. The number of nitrogens with one attached hydrogen (secondary N) is 3. The second kappa shape index (κ2) is 13.8. The number of benzene rings is 1. The summed E-state index contributed by atoms with van der Waals surface area (Å²) in [7, 11) is 0. The maximum absolute atomic E-state index is 11.6. The molecular formula is C22H38N4O3. The maximum atomic E-state index is 11.6. The van der Waals surface area contributed by atoms with E-state index >= 15 is 0 Å². The van der Waals surface area contributed by atoms with Crippen LogP contribution in [0, 0.1) is 0 Å². The van der Waals surface area contributed by atoms with Crippen molar-refractivity contribution in [2.45, 2.75) is 66.2 Å². The molecule has 1 amide bonds. The number of nitrogens with zero attached hydrogens (tertiary/aromatic N) is 1. The molecule has 0 heterocycles. The summed E-state index contributed by atoms with van der Waals surface area (Å²) in [5.41, 5.74) is 1.85. The molecule has 0 saturated heterocycles. The average Bonchev–Trinajstić information content (AvgIpc) is 2.65. The highest BCUT2D eigenvalue weighted by molar-refractivity contribution is 5.79. The van der Waals surface area contributed by atoms with E-state index in [0.29, 0.717) is 26.2 Å². The van der Waals surface area contributed by atoms with Gasteiger partial charge in [0, 0.05) is 26.2 Å². The zero-order valence-corrected chi connectivity index (χ0v) is 18.6. The van der Waals surface area contributed by atoms with Gasteiger partial charge < -0.3 is 25.4 Å². The predicted molar refractivity (Wildman–Crippen MR) is 118 cm³/mol. The Morgan fingerprint density at radius 2 is 1.72 bits per heavy atom. The maximum Gasteiger partial charge on any atom is 0.407 e. The number of ether oxygens (including phenoxy) is 2. The number of alkyl carbamates (subject to hydrolysis) is 1. The fourth-order valence-corrected chi connectivity index (χ4v) is 2.48. The minimum Gasteiger partial charge on any atom is -0.444 e. The van der Waals surface area contributed by atoms with Gasteiger partial charge in [-0.3, -0.25) is 0 Å². The first-order valence-electron chi connectivity index (χ1n) is 10.5. The lowest BCUT2D eigenvalue weighted by Gasteiger charge is -2.19. The van der Waals surface area contributed by atoms with E-state index in [9.17, 15) is 4.79 Å². The molecule has 0 atom stereocenters. The molecule has 7 heteroatoms. The van der Waals surface area contributed by atoms with Gasteiger partial charge in [-0.1, -0.05) is 31.2 Å². The summed E-state index contributed by atoms with van der Waals surface area (Å²) in [6, 6.07) is 8.22. The van der Waals surface area contributed by atoms with Crippen LogP contribution in [0.4, 0.5) is 4.79 Å². The van der Waals surface area contributed by atoms with Crippen molar-refractivity contribution in [2.75, 3.05) is 26.2 Å². The average molecular weight is 407 g/mol. The molecule has 7 nitrogen and oxygen atoms in total. The van der Waals surface area contributed by atoms with E-state index in [4.69, 9.17) is 9.47 Å². The smallest absolute Gasteiger partial charge is 0.407 e. The highest BCUT2D eigenvalue weighted by atomic mass is 16.6. The minimum absolute atomic E-state index is 0.389. The van der Waals surface area contributed by atoms with Crippen LogP contribution in [0.2, 0.25) is 0 Å². The molecule has 0 aliphatic heterocycles. The lowest BCUT2D eigenvalue weighted by Crippen LogP contribution is -2.39. The largest absolute Gasteiger partial charge is 0.444 e. The van der Waals surface area contributed by atoms with Crippen molar-refractivity contribution >= 4 is 12.1 Å². The van der Waals surface area contributed by atoms with Crippen LogP contribution < -0.4 is 16.0 Å². The van der Waals surface area contributed by atoms with Gasteiger partial charge in [-0.25, -0.2) is 9.79 Å². The summed E-state index contributed by atoms with van der Waals surface area (Å²) >= 11 is 0. The zero-order chi connectivity index (χ0) is 21.5. The number of hydrogen-bond acceptors (Lipinski definition) is 4. The summed E-state index contributed by atoms with van der Waals surface area (Å²) in [5, 5.41) is 9.31. The number of guanidine groups is 1. The fourth-order valence-electron chi connectivity index (χ4n) is 2.48. The fraction of sp³-hybridized carbons (Fsp3) is 0.636. The molecule has 0 aromatic heterocycles. The van der Waals surface area contributed by atoms with Gasteiger partial charge in [0.05, 0.1) is 13.2 Å². The van der Waals surface area contributed by atoms with Crippen molar-refractivity contribution in [1.82, 2.24) is 16.0 Å². The van der Waals surface area contributed by atoms with E-state index in [1.807, 2.05) is 39.8 Å². The van der Waals surface area contributed by atoms with Gasteiger partial charge in [0.15, 0.2) is 5.96 Å². The Bertz CT molecular complexity index is 627. The lowest BCUT2D eigenvalue weighted by atomic mass is 10.1. The zero-order valence-electron chi connectivity index (χ0n) is 18.6. The Morgan fingerprint density at radius 3 is 2.38 bits per heavy atom. The first kappa shape index (κ1) is 24.8. The number of rotatable bonds is 11. The second-order valence-electron chi connectivity index (χ2n) is 7.73.